The lowest BCUT2D eigenvalue weighted by Gasteiger charge is -2.21. The van der Waals surface area contributed by atoms with E-state index < -0.39 is 0 Å². The number of amides is 1. The third kappa shape index (κ3) is 3.73. The molecule has 138 valence electrons. The summed E-state index contributed by atoms with van der Waals surface area (Å²) in [4.78, 5) is 16.9. The molecule has 0 saturated heterocycles. The van der Waals surface area contributed by atoms with Crippen molar-refractivity contribution >= 4 is 11.6 Å². The zero-order valence-electron chi connectivity index (χ0n) is 15.2. The molecule has 3 aromatic rings. The third-order valence-electron chi connectivity index (χ3n) is 4.89. The Kier molecular flexibility index (Phi) is 4.68. The van der Waals surface area contributed by atoms with Gasteiger partial charge >= 0.3 is 0 Å². The van der Waals surface area contributed by atoms with Gasteiger partial charge in [0, 0.05) is 24.3 Å². The van der Waals surface area contributed by atoms with Crippen molar-refractivity contribution in [1.29, 1.82) is 0 Å². The average molecular weight is 362 g/mol. The van der Waals surface area contributed by atoms with Gasteiger partial charge in [0.25, 0.3) is 0 Å². The highest BCUT2D eigenvalue weighted by molar-refractivity contribution is 5.91. The van der Waals surface area contributed by atoms with Crippen LogP contribution in [0.3, 0.4) is 0 Å². The number of rotatable bonds is 4. The first-order valence-corrected chi connectivity index (χ1v) is 9.07. The van der Waals surface area contributed by atoms with Gasteiger partial charge in [0.1, 0.15) is 5.82 Å². The van der Waals surface area contributed by atoms with Crippen LogP contribution in [0.5, 0.6) is 0 Å². The van der Waals surface area contributed by atoms with E-state index in [2.05, 4.69) is 20.5 Å². The Morgan fingerprint density at radius 2 is 2.11 bits per heavy atom. The third-order valence-corrected chi connectivity index (χ3v) is 4.89. The Morgan fingerprint density at radius 1 is 1.30 bits per heavy atom. The van der Waals surface area contributed by atoms with Gasteiger partial charge in [-0.2, -0.15) is 0 Å². The summed E-state index contributed by atoms with van der Waals surface area (Å²) in [5.41, 5.74) is 9.90. The Hall–Kier alpha value is -3.06. The number of fused-ring (bicyclic) bond motifs is 1. The van der Waals surface area contributed by atoms with Gasteiger partial charge in [0.05, 0.1) is 18.3 Å². The SMILES string of the molecule is Cn1c(CC(=O)Nc2cnc3c(c2)CC(N)CC3)nnc1-c1ccccc1. The highest BCUT2D eigenvalue weighted by Crippen LogP contribution is 2.22. The maximum absolute atomic E-state index is 12.5. The van der Waals surface area contributed by atoms with E-state index in [0.29, 0.717) is 11.5 Å². The Balaban J connectivity index is 1.46. The average Bonchev–Trinajstić information content (AvgIpc) is 3.02. The van der Waals surface area contributed by atoms with Gasteiger partial charge in [0.2, 0.25) is 5.91 Å². The van der Waals surface area contributed by atoms with Crippen LogP contribution in [-0.2, 0) is 31.1 Å². The second-order valence-electron chi connectivity index (χ2n) is 6.92. The molecule has 1 aromatic carbocycles. The largest absolute Gasteiger partial charge is 0.327 e. The summed E-state index contributed by atoms with van der Waals surface area (Å²) in [6.45, 7) is 0. The van der Waals surface area contributed by atoms with E-state index >= 15 is 0 Å². The van der Waals surface area contributed by atoms with Crippen molar-refractivity contribution in [2.45, 2.75) is 31.7 Å². The fraction of sp³-hybridized carbons (Fsp3) is 0.300. The number of nitrogens with one attached hydrogen (secondary N) is 1. The molecule has 0 spiro atoms. The van der Waals surface area contributed by atoms with E-state index in [1.807, 2.05) is 48.0 Å². The summed E-state index contributed by atoms with van der Waals surface area (Å²) >= 11 is 0. The van der Waals surface area contributed by atoms with Crippen molar-refractivity contribution in [3.63, 3.8) is 0 Å². The number of hydrogen-bond donors (Lipinski definition) is 2. The van der Waals surface area contributed by atoms with Crippen molar-refractivity contribution in [3.8, 4) is 11.4 Å². The van der Waals surface area contributed by atoms with Crippen molar-refractivity contribution in [3.05, 3.63) is 59.7 Å². The lowest BCUT2D eigenvalue weighted by molar-refractivity contribution is -0.115. The number of benzene rings is 1. The zero-order chi connectivity index (χ0) is 18.8. The van der Waals surface area contributed by atoms with Gasteiger partial charge in [0.15, 0.2) is 5.82 Å². The number of carbonyl (C=O) groups is 1. The first kappa shape index (κ1) is 17.4. The summed E-state index contributed by atoms with van der Waals surface area (Å²) in [6.07, 6.45) is 4.51. The maximum atomic E-state index is 12.5. The molecular formula is C20H22N6O. The molecule has 0 saturated carbocycles. The standard InChI is InChI=1S/C20H22N6O/c1-26-18(24-25-20(26)13-5-3-2-4-6-13)11-19(27)23-16-10-14-9-15(21)7-8-17(14)22-12-16/h2-6,10,12,15H,7-9,11,21H2,1H3,(H,23,27). The molecule has 1 aliphatic carbocycles. The minimum Gasteiger partial charge on any atom is -0.327 e. The van der Waals surface area contributed by atoms with Crippen LogP contribution in [0.4, 0.5) is 5.69 Å². The van der Waals surface area contributed by atoms with Crippen molar-refractivity contribution < 1.29 is 4.79 Å². The van der Waals surface area contributed by atoms with Crippen molar-refractivity contribution in [2.24, 2.45) is 12.8 Å². The number of nitrogens with two attached hydrogens (primary N) is 1. The summed E-state index contributed by atoms with van der Waals surface area (Å²) < 4.78 is 1.85. The summed E-state index contributed by atoms with van der Waals surface area (Å²) in [6, 6.07) is 11.9. The van der Waals surface area contributed by atoms with Crippen LogP contribution >= 0.6 is 0 Å². The van der Waals surface area contributed by atoms with E-state index in [1.54, 1.807) is 6.20 Å². The number of hydrogen-bond acceptors (Lipinski definition) is 5. The van der Waals surface area contributed by atoms with Crippen molar-refractivity contribution in [1.82, 2.24) is 19.7 Å². The molecule has 7 heteroatoms. The Bertz CT molecular complexity index is 966. The Labute approximate surface area is 157 Å². The lowest BCUT2D eigenvalue weighted by Crippen LogP contribution is -2.28. The second-order valence-corrected chi connectivity index (χ2v) is 6.92. The molecule has 1 amide bonds. The van der Waals surface area contributed by atoms with E-state index in [0.717, 1.165) is 41.9 Å². The second kappa shape index (κ2) is 7.28. The summed E-state index contributed by atoms with van der Waals surface area (Å²) in [5, 5.41) is 11.3. The van der Waals surface area contributed by atoms with Gasteiger partial charge in [-0.1, -0.05) is 30.3 Å². The van der Waals surface area contributed by atoms with Crippen LogP contribution in [-0.4, -0.2) is 31.7 Å². The van der Waals surface area contributed by atoms with Gasteiger partial charge in [-0.05, 0) is 30.9 Å². The molecule has 2 heterocycles. The van der Waals surface area contributed by atoms with Gasteiger partial charge in [-0.15, -0.1) is 10.2 Å². The molecule has 2 aromatic heterocycles. The molecule has 1 aliphatic rings. The Morgan fingerprint density at radius 3 is 2.93 bits per heavy atom. The quantitative estimate of drug-likeness (QED) is 0.738. The molecule has 0 bridgehead atoms. The van der Waals surface area contributed by atoms with Crippen LogP contribution in [0.1, 0.15) is 23.5 Å². The topological polar surface area (TPSA) is 98.7 Å². The van der Waals surface area contributed by atoms with Crippen molar-refractivity contribution in [2.75, 3.05) is 5.32 Å². The molecular weight excluding hydrogens is 340 g/mol. The first-order valence-electron chi connectivity index (χ1n) is 9.07. The first-order chi connectivity index (χ1) is 13.1. The fourth-order valence-electron chi connectivity index (χ4n) is 3.42. The summed E-state index contributed by atoms with van der Waals surface area (Å²) in [7, 11) is 1.87. The molecule has 0 fully saturated rings. The highest BCUT2D eigenvalue weighted by atomic mass is 16.1. The van der Waals surface area contributed by atoms with E-state index in [4.69, 9.17) is 5.73 Å². The van der Waals surface area contributed by atoms with Crippen LogP contribution in [0.15, 0.2) is 42.6 Å². The van der Waals surface area contributed by atoms with E-state index in [1.165, 1.54) is 0 Å². The van der Waals surface area contributed by atoms with Gasteiger partial charge in [-0.25, -0.2) is 0 Å². The number of anilines is 1. The molecule has 3 N–H and O–H groups in total. The predicted molar refractivity (Wildman–Crippen MR) is 103 cm³/mol. The molecule has 27 heavy (non-hydrogen) atoms. The van der Waals surface area contributed by atoms with Crippen LogP contribution in [0.25, 0.3) is 11.4 Å². The normalized spacial score (nSPS) is 16.0. The highest BCUT2D eigenvalue weighted by Gasteiger charge is 2.18. The lowest BCUT2D eigenvalue weighted by atomic mass is 9.92. The molecule has 1 atom stereocenters. The minimum atomic E-state index is -0.146. The molecule has 0 aliphatic heterocycles. The van der Waals surface area contributed by atoms with Crippen LogP contribution in [0.2, 0.25) is 0 Å². The van der Waals surface area contributed by atoms with Gasteiger partial charge in [-0.3, -0.25) is 9.78 Å². The number of aromatic nitrogens is 4. The monoisotopic (exact) mass is 362 g/mol. The molecule has 7 nitrogen and oxygen atoms in total. The van der Waals surface area contributed by atoms with Crippen LogP contribution in [0, 0.1) is 0 Å². The minimum absolute atomic E-state index is 0.146. The number of carbonyl (C=O) groups excluding carboxylic acids is 1. The number of nitrogens with zero attached hydrogens (tertiary/aromatic N) is 4. The maximum Gasteiger partial charge on any atom is 0.232 e. The molecule has 0 radical (unpaired) electrons. The van der Waals surface area contributed by atoms with E-state index in [9.17, 15) is 4.79 Å². The zero-order valence-corrected chi connectivity index (χ0v) is 15.2. The summed E-state index contributed by atoms with van der Waals surface area (Å²) in [5.74, 6) is 1.20. The predicted octanol–water partition coefficient (Wildman–Crippen LogP) is 1.87. The molecule has 4 rings (SSSR count). The number of pyridine rings is 1. The fourth-order valence-corrected chi connectivity index (χ4v) is 3.42. The van der Waals surface area contributed by atoms with E-state index in [-0.39, 0.29) is 18.4 Å². The molecule has 1 unspecified atom stereocenters. The van der Waals surface area contributed by atoms with Gasteiger partial charge < -0.3 is 15.6 Å². The van der Waals surface area contributed by atoms with Crippen LogP contribution < -0.4 is 11.1 Å². The number of aryl methyl sites for hydroxylation is 1. The smallest absolute Gasteiger partial charge is 0.232 e.